The summed E-state index contributed by atoms with van der Waals surface area (Å²) in [5.74, 6) is -1.10. The van der Waals surface area contributed by atoms with E-state index in [1.165, 1.54) is 23.3 Å². The monoisotopic (exact) mass is 306 g/mol. The molecule has 1 atom stereocenters. The van der Waals surface area contributed by atoms with Crippen LogP contribution in [0, 0.1) is 11.6 Å². The third-order valence-electron chi connectivity index (χ3n) is 4.47. The predicted molar refractivity (Wildman–Crippen MR) is 81.8 cm³/mol. The highest BCUT2D eigenvalue weighted by atomic mass is 35.5. The number of rotatable bonds is 3. The normalized spacial score (nSPS) is 21.1. The van der Waals surface area contributed by atoms with Crippen LogP contribution in [0.15, 0.2) is 42.5 Å². The number of benzene rings is 2. The van der Waals surface area contributed by atoms with E-state index >= 15 is 0 Å². The van der Waals surface area contributed by atoms with Crippen LogP contribution in [0.5, 0.6) is 0 Å². The molecular formula is C18H17ClF2. The summed E-state index contributed by atoms with van der Waals surface area (Å²) >= 11 is 6.32. The van der Waals surface area contributed by atoms with Crippen molar-refractivity contribution < 1.29 is 8.78 Å². The molecule has 3 heteroatoms. The Bertz CT molecular complexity index is 653. The molecule has 3 rings (SSSR count). The molecule has 0 saturated heterocycles. The number of hydrogen-bond donors (Lipinski definition) is 0. The van der Waals surface area contributed by atoms with Crippen molar-refractivity contribution in [1.29, 1.82) is 0 Å². The van der Waals surface area contributed by atoms with Gasteiger partial charge in [0.15, 0.2) is 11.6 Å². The number of hydrogen-bond acceptors (Lipinski definition) is 0. The zero-order valence-corrected chi connectivity index (χ0v) is 12.5. The Balaban J connectivity index is 2.00. The number of alkyl halides is 1. The molecule has 1 aliphatic carbocycles. The van der Waals surface area contributed by atoms with E-state index in [1.54, 1.807) is 6.07 Å². The van der Waals surface area contributed by atoms with E-state index in [4.69, 9.17) is 11.6 Å². The Kier molecular flexibility index (Phi) is 3.99. The minimum absolute atomic E-state index is 0.180. The van der Waals surface area contributed by atoms with Gasteiger partial charge in [-0.2, -0.15) is 0 Å². The van der Waals surface area contributed by atoms with Gasteiger partial charge >= 0.3 is 0 Å². The van der Waals surface area contributed by atoms with Gasteiger partial charge in [-0.15, -0.1) is 11.6 Å². The molecule has 1 unspecified atom stereocenters. The van der Waals surface area contributed by atoms with Crippen molar-refractivity contribution >= 4 is 11.6 Å². The Morgan fingerprint density at radius 1 is 1.05 bits per heavy atom. The van der Waals surface area contributed by atoms with Crippen molar-refractivity contribution in [2.24, 2.45) is 0 Å². The molecular weight excluding hydrogens is 290 g/mol. The molecule has 21 heavy (non-hydrogen) atoms. The van der Waals surface area contributed by atoms with Crippen LogP contribution < -0.4 is 0 Å². The van der Waals surface area contributed by atoms with E-state index in [0.717, 1.165) is 24.8 Å². The maximum Gasteiger partial charge on any atom is 0.159 e. The maximum atomic E-state index is 13.5. The van der Waals surface area contributed by atoms with E-state index in [0.29, 0.717) is 12.3 Å². The molecule has 0 heterocycles. The Hall–Kier alpha value is -1.41. The molecule has 0 aromatic heterocycles. The van der Waals surface area contributed by atoms with Gasteiger partial charge in [0, 0.05) is 11.3 Å². The number of aryl methyl sites for hydroxylation is 1. The van der Waals surface area contributed by atoms with Crippen LogP contribution in [-0.2, 0) is 18.3 Å². The van der Waals surface area contributed by atoms with Crippen molar-refractivity contribution in [2.75, 3.05) is 5.88 Å². The maximum absolute atomic E-state index is 13.5. The average molecular weight is 307 g/mol. The van der Waals surface area contributed by atoms with E-state index in [2.05, 4.69) is 12.1 Å². The highest BCUT2D eigenvalue weighted by Crippen LogP contribution is 2.41. The predicted octanol–water partition coefficient (Wildman–Crippen LogP) is 5.02. The highest BCUT2D eigenvalue weighted by Gasteiger charge is 2.35. The van der Waals surface area contributed by atoms with Gasteiger partial charge < -0.3 is 0 Å². The summed E-state index contributed by atoms with van der Waals surface area (Å²) in [6, 6.07) is 12.5. The van der Waals surface area contributed by atoms with Crippen LogP contribution in [-0.4, -0.2) is 5.88 Å². The fourth-order valence-electron chi connectivity index (χ4n) is 3.42. The van der Waals surface area contributed by atoms with Crippen LogP contribution in [0.2, 0.25) is 0 Å². The molecule has 1 aliphatic rings. The molecule has 0 N–H and O–H groups in total. The smallest absolute Gasteiger partial charge is 0.159 e. The van der Waals surface area contributed by atoms with E-state index in [1.807, 2.05) is 12.1 Å². The number of fused-ring (bicyclic) bond motifs is 1. The first-order chi connectivity index (χ1) is 10.1. The summed E-state index contributed by atoms with van der Waals surface area (Å²) in [6.45, 7) is 0. The average Bonchev–Trinajstić information content (AvgIpc) is 2.51. The van der Waals surface area contributed by atoms with Gasteiger partial charge in [-0.25, -0.2) is 8.78 Å². The zero-order valence-electron chi connectivity index (χ0n) is 11.7. The lowest BCUT2D eigenvalue weighted by Gasteiger charge is -2.38. The second-order valence-electron chi connectivity index (χ2n) is 5.85. The minimum atomic E-state index is -0.803. The topological polar surface area (TPSA) is 0 Å². The van der Waals surface area contributed by atoms with Gasteiger partial charge in [0.25, 0.3) is 0 Å². The van der Waals surface area contributed by atoms with Crippen molar-refractivity contribution in [3.05, 3.63) is 70.8 Å². The summed E-state index contributed by atoms with van der Waals surface area (Å²) in [5, 5.41) is 0. The van der Waals surface area contributed by atoms with Crippen LogP contribution in [0.4, 0.5) is 8.78 Å². The molecule has 0 nitrogen and oxygen atoms in total. The molecule has 2 aromatic rings. The summed E-state index contributed by atoms with van der Waals surface area (Å²) in [5.41, 5.74) is 3.20. The van der Waals surface area contributed by atoms with Crippen molar-refractivity contribution in [1.82, 2.24) is 0 Å². The van der Waals surface area contributed by atoms with Crippen LogP contribution in [0.1, 0.15) is 29.5 Å². The summed E-state index contributed by atoms with van der Waals surface area (Å²) in [7, 11) is 0. The molecule has 0 aliphatic heterocycles. The second kappa shape index (κ2) is 5.76. The third kappa shape index (κ3) is 2.69. The molecule has 110 valence electrons. The van der Waals surface area contributed by atoms with Gasteiger partial charge in [-0.05, 0) is 54.5 Å². The lowest BCUT2D eigenvalue weighted by atomic mass is 9.68. The standard InChI is InChI=1S/C18H17ClF2/c19-12-18(11-13-7-8-16(20)17(21)10-13)9-3-5-14-4-1-2-6-15(14)18/h1-2,4,6-8,10H,3,5,9,11-12H2. The molecule has 0 amide bonds. The van der Waals surface area contributed by atoms with Crippen molar-refractivity contribution in [3.8, 4) is 0 Å². The summed E-state index contributed by atoms with van der Waals surface area (Å²) < 4.78 is 26.5. The zero-order chi connectivity index (χ0) is 14.9. The van der Waals surface area contributed by atoms with E-state index in [-0.39, 0.29) is 5.41 Å². The lowest BCUT2D eigenvalue weighted by molar-refractivity contribution is 0.395. The Labute approximate surface area is 128 Å². The molecule has 2 aromatic carbocycles. The van der Waals surface area contributed by atoms with Crippen LogP contribution in [0.3, 0.4) is 0 Å². The van der Waals surface area contributed by atoms with Gasteiger partial charge in [-0.3, -0.25) is 0 Å². The first-order valence-corrected chi connectivity index (χ1v) is 7.76. The fraction of sp³-hybridized carbons (Fsp3) is 0.333. The highest BCUT2D eigenvalue weighted by molar-refractivity contribution is 6.18. The van der Waals surface area contributed by atoms with Gasteiger partial charge in [0.05, 0.1) is 0 Å². The largest absolute Gasteiger partial charge is 0.204 e. The van der Waals surface area contributed by atoms with Gasteiger partial charge in [0.2, 0.25) is 0 Å². The SMILES string of the molecule is Fc1ccc(CC2(CCl)CCCc3ccccc32)cc1F. The summed E-state index contributed by atoms with van der Waals surface area (Å²) in [6.07, 6.45) is 3.76. The van der Waals surface area contributed by atoms with E-state index in [9.17, 15) is 8.78 Å². The van der Waals surface area contributed by atoms with E-state index < -0.39 is 11.6 Å². The van der Waals surface area contributed by atoms with Crippen molar-refractivity contribution in [3.63, 3.8) is 0 Å². The quantitative estimate of drug-likeness (QED) is 0.698. The minimum Gasteiger partial charge on any atom is -0.204 e. The first-order valence-electron chi connectivity index (χ1n) is 7.23. The van der Waals surface area contributed by atoms with Gasteiger partial charge in [0.1, 0.15) is 0 Å². The Morgan fingerprint density at radius 3 is 2.62 bits per heavy atom. The lowest BCUT2D eigenvalue weighted by Crippen LogP contribution is -2.35. The molecule has 0 saturated carbocycles. The molecule has 0 spiro atoms. The fourth-order valence-corrected chi connectivity index (χ4v) is 3.79. The number of halogens is 3. The molecule has 0 bridgehead atoms. The van der Waals surface area contributed by atoms with Gasteiger partial charge in [-0.1, -0.05) is 30.3 Å². The van der Waals surface area contributed by atoms with Crippen LogP contribution in [0.25, 0.3) is 0 Å². The Morgan fingerprint density at radius 2 is 1.86 bits per heavy atom. The molecule has 0 fully saturated rings. The first kappa shape index (κ1) is 14.5. The van der Waals surface area contributed by atoms with Crippen molar-refractivity contribution in [2.45, 2.75) is 31.1 Å². The van der Waals surface area contributed by atoms with Crippen LogP contribution >= 0.6 is 11.6 Å². The summed E-state index contributed by atoms with van der Waals surface area (Å²) in [4.78, 5) is 0. The second-order valence-corrected chi connectivity index (χ2v) is 6.12. The third-order valence-corrected chi connectivity index (χ3v) is 4.98. The molecule has 0 radical (unpaired) electrons.